The van der Waals surface area contributed by atoms with Gasteiger partial charge in [0.2, 0.25) is 0 Å². The Kier molecular flexibility index (Phi) is 5.13. The quantitative estimate of drug-likeness (QED) is 0.756. The second-order valence-electron chi connectivity index (χ2n) is 5.46. The molecule has 2 N–H and O–H groups in total. The van der Waals surface area contributed by atoms with E-state index in [4.69, 9.17) is 9.47 Å². The van der Waals surface area contributed by atoms with E-state index in [2.05, 4.69) is 16.6 Å². The number of benzene rings is 2. The van der Waals surface area contributed by atoms with E-state index in [0.29, 0.717) is 24.7 Å². The fraction of sp³-hybridized carbons (Fsp3) is 0.167. The molecule has 0 fully saturated rings. The molecule has 2 aromatic rings. The van der Waals surface area contributed by atoms with E-state index in [0.717, 1.165) is 0 Å². The molecule has 0 unspecified atom stereocenters. The molecule has 1 amide bonds. The van der Waals surface area contributed by atoms with Crippen LogP contribution in [0.2, 0.25) is 0 Å². The van der Waals surface area contributed by atoms with Crippen LogP contribution < -0.4 is 19.5 Å². The molecule has 0 aromatic heterocycles. The zero-order valence-corrected chi connectivity index (χ0v) is 14.7. The summed E-state index contributed by atoms with van der Waals surface area (Å²) >= 11 is 0. The van der Waals surface area contributed by atoms with Gasteiger partial charge in [-0.2, -0.15) is 0 Å². The van der Waals surface area contributed by atoms with Gasteiger partial charge in [0.1, 0.15) is 13.2 Å². The summed E-state index contributed by atoms with van der Waals surface area (Å²) in [5, 5.41) is 2.63. The van der Waals surface area contributed by atoms with E-state index in [-0.39, 0.29) is 22.7 Å². The van der Waals surface area contributed by atoms with Crippen LogP contribution in [0.5, 0.6) is 11.5 Å². The molecular weight excluding hydrogens is 356 g/mol. The fourth-order valence-electron chi connectivity index (χ4n) is 2.42. The summed E-state index contributed by atoms with van der Waals surface area (Å²) in [5.41, 5.74) is 0.402. The number of ether oxygens (including phenoxy) is 2. The molecule has 7 nitrogen and oxygen atoms in total. The molecule has 0 atom stereocenters. The monoisotopic (exact) mass is 374 g/mol. The van der Waals surface area contributed by atoms with Crippen LogP contribution in [0.15, 0.2) is 60.0 Å². The predicted octanol–water partition coefficient (Wildman–Crippen LogP) is 2.17. The van der Waals surface area contributed by atoms with Gasteiger partial charge in [-0.05, 0) is 24.3 Å². The minimum atomic E-state index is -3.91. The summed E-state index contributed by atoms with van der Waals surface area (Å²) in [6, 6.07) is 10.7. The van der Waals surface area contributed by atoms with Gasteiger partial charge >= 0.3 is 0 Å². The molecule has 1 aliphatic heterocycles. The molecule has 1 aliphatic rings. The molecule has 0 spiro atoms. The summed E-state index contributed by atoms with van der Waals surface area (Å²) in [6.45, 7) is 4.59. The number of sulfonamides is 1. The van der Waals surface area contributed by atoms with E-state index in [1.165, 1.54) is 18.2 Å². The summed E-state index contributed by atoms with van der Waals surface area (Å²) in [7, 11) is -3.91. The fourth-order valence-corrected chi connectivity index (χ4v) is 3.52. The van der Waals surface area contributed by atoms with Crippen LogP contribution in [0, 0.1) is 0 Å². The number of hydrogen-bond donors (Lipinski definition) is 2. The van der Waals surface area contributed by atoms with Crippen molar-refractivity contribution in [3.63, 3.8) is 0 Å². The standard InChI is InChI=1S/C18H18N2O5S/c1-2-9-19-18(21)14-5-3-4-6-15(14)20-26(22,23)13-7-8-16-17(12-13)25-11-10-24-16/h2-8,12,20H,1,9-11H2,(H,19,21). The van der Waals surface area contributed by atoms with Crippen molar-refractivity contribution in [1.82, 2.24) is 5.32 Å². The molecule has 0 saturated heterocycles. The highest BCUT2D eigenvalue weighted by atomic mass is 32.2. The molecule has 8 heteroatoms. The summed E-state index contributed by atoms with van der Waals surface area (Å²) < 4.78 is 38.7. The number of anilines is 1. The Morgan fingerprint density at radius 3 is 2.62 bits per heavy atom. The summed E-state index contributed by atoms with van der Waals surface area (Å²) in [5.74, 6) is 0.473. The molecule has 136 valence electrons. The number of rotatable bonds is 6. The molecule has 0 aliphatic carbocycles. The second-order valence-corrected chi connectivity index (χ2v) is 7.14. The first-order valence-corrected chi connectivity index (χ1v) is 9.40. The number of hydrogen-bond acceptors (Lipinski definition) is 5. The van der Waals surface area contributed by atoms with Gasteiger partial charge in [0, 0.05) is 12.6 Å². The van der Waals surface area contributed by atoms with Gasteiger partial charge in [0.05, 0.1) is 16.1 Å². The third-order valence-electron chi connectivity index (χ3n) is 3.65. The Bertz CT molecular complexity index is 940. The van der Waals surface area contributed by atoms with Crippen molar-refractivity contribution < 1.29 is 22.7 Å². The minimum absolute atomic E-state index is 0.0167. The highest BCUT2D eigenvalue weighted by Crippen LogP contribution is 2.33. The van der Waals surface area contributed by atoms with Crippen molar-refractivity contribution in [2.75, 3.05) is 24.5 Å². The Labute approximate surface area is 151 Å². The van der Waals surface area contributed by atoms with Gasteiger partial charge in [-0.3, -0.25) is 9.52 Å². The van der Waals surface area contributed by atoms with E-state index >= 15 is 0 Å². The van der Waals surface area contributed by atoms with E-state index < -0.39 is 15.9 Å². The van der Waals surface area contributed by atoms with Gasteiger partial charge in [0.25, 0.3) is 15.9 Å². The lowest BCUT2D eigenvalue weighted by Gasteiger charge is -2.19. The summed E-state index contributed by atoms with van der Waals surface area (Å²) in [4.78, 5) is 12.2. The molecule has 2 aromatic carbocycles. The lowest BCUT2D eigenvalue weighted by atomic mass is 10.1. The normalized spacial score (nSPS) is 12.9. The Morgan fingerprint density at radius 2 is 1.85 bits per heavy atom. The van der Waals surface area contributed by atoms with Gasteiger partial charge < -0.3 is 14.8 Å². The maximum Gasteiger partial charge on any atom is 0.262 e. The predicted molar refractivity (Wildman–Crippen MR) is 97.2 cm³/mol. The molecule has 0 radical (unpaired) electrons. The van der Waals surface area contributed by atoms with Crippen molar-refractivity contribution >= 4 is 21.6 Å². The highest BCUT2D eigenvalue weighted by Gasteiger charge is 2.21. The lowest BCUT2D eigenvalue weighted by Crippen LogP contribution is -2.25. The number of nitrogens with one attached hydrogen (secondary N) is 2. The number of carbonyl (C=O) groups excluding carboxylic acids is 1. The zero-order chi connectivity index (χ0) is 18.6. The van der Waals surface area contributed by atoms with Crippen LogP contribution >= 0.6 is 0 Å². The van der Waals surface area contributed by atoms with E-state index in [9.17, 15) is 13.2 Å². The first kappa shape index (κ1) is 17.8. The number of fused-ring (bicyclic) bond motifs is 1. The first-order chi connectivity index (χ1) is 12.5. The first-order valence-electron chi connectivity index (χ1n) is 7.92. The zero-order valence-electron chi connectivity index (χ0n) is 13.9. The van der Waals surface area contributed by atoms with Crippen molar-refractivity contribution in [3.05, 3.63) is 60.7 Å². The van der Waals surface area contributed by atoms with Crippen LogP contribution in [0.1, 0.15) is 10.4 Å². The van der Waals surface area contributed by atoms with Gasteiger partial charge in [0.15, 0.2) is 11.5 Å². The smallest absolute Gasteiger partial charge is 0.262 e. The lowest BCUT2D eigenvalue weighted by molar-refractivity contribution is 0.0959. The number of amides is 1. The molecule has 26 heavy (non-hydrogen) atoms. The largest absolute Gasteiger partial charge is 0.486 e. The summed E-state index contributed by atoms with van der Waals surface area (Å²) in [6.07, 6.45) is 1.54. The van der Waals surface area contributed by atoms with Gasteiger partial charge in [-0.25, -0.2) is 8.42 Å². The third kappa shape index (κ3) is 3.80. The molecule has 0 bridgehead atoms. The second kappa shape index (κ2) is 7.49. The minimum Gasteiger partial charge on any atom is -0.486 e. The average molecular weight is 374 g/mol. The maximum atomic E-state index is 12.7. The van der Waals surface area contributed by atoms with Gasteiger partial charge in [-0.15, -0.1) is 6.58 Å². The van der Waals surface area contributed by atoms with Crippen molar-refractivity contribution in [3.8, 4) is 11.5 Å². The van der Waals surface area contributed by atoms with E-state index in [1.807, 2.05) is 0 Å². The van der Waals surface area contributed by atoms with E-state index in [1.54, 1.807) is 30.3 Å². The van der Waals surface area contributed by atoms with Crippen molar-refractivity contribution in [1.29, 1.82) is 0 Å². The van der Waals surface area contributed by atoms with Crippen molar-refractivity contribution in [2.24, 2.45) is 0 Å². The Morgan fingerprint density at radius 1 is 1.12 bits per heavy atom. The molecule has 0 saturated carbocycles. The Balaban J connectivity index is 1.88. The molecule has 1 heterocycles. The average Bonchev–Trinajstić information content (AvgIpc) is 2.66. The third-order valence-corrected chi connectivity index (χ3v) is 5.01. The molecular formula is C18H18N2O5S. The van der Waals surface area contributed by atoms with Crippen LogP contribution in [-0.2, 0) is 10.0 Å². The number of para-hydroxylation sites is 1. The Hall–Kier alpha value is -3.00. The van der Waals surface area contributed by atoms with Crippen LogP contribution in [0.3, 0.4) is 0 Å². The maximum absolute atomic E-state index is 12.7. The van der Waals surface area contributed by atoms with Crippen LogP contribution in [0.4, 0.5) is 5.69 Å². The van der Waals surface area contributed by atoms with Crippen LogP contribution in [0.25, 0.3) is 0 Å². The van der Waals surface area contributed by atoms with Crippen LogP contribution in [-0.4, -0.2) is 34.1 Å². The molecule has 3 rings (SSSR count). The highest BCUT2D eigenvalue weighted by molar-refractivity contribution is 7.92. The van der Waals surface area contributed by atoms with Crippen molar-refractivity contribution in [2.45, 2.75) is 4.90 Å². The SMILES string of the molecule is C=CCNC(=O)c1ccccc1NS(=O)(=O)c1ccc2c(c1)OCCO2. The topological polar surface area (TPSA) is 93.7 Å². The van der Waals surface area contributed by atoms with Gasteiger partial charge in [-0.1, -0.05) is 18.2 Å². The number of carbonyl (C=O) groups is 1.